The Morgan fingerprint density at radius 1 is 1.36 bits per heavy atom. The second kappa shape index (κ2) is 7.65. The van der Waals surface area contributed by atoms with Gasteiger partial charge in [0.15, 0.2) is 0 Å². The second-order valence-electron chi connectivity index (χ2n) is 5.41. The first kappa shape index (κ1) is 16.8. The molecule has 6 heteroatoms. The molecule has 2 amide bonds. The van der Waals surface area contributed by atoms with Gasteiger partial charge in [-0.2, -0.15) is 0 Å². The molecular formula is C16H22N2O3S. The van der Waals surface area contributed by atoms with Crippen molar-refractivity contribution in [2.24, 2.45) is 0 Å². The molecule has 0 aliphatic carbocycles. The normalized spacial score (nSPS) is 17.6. The summed E-state index contributed by atoms with van der Waals surface area (Å²) in [6, 6.07) is 5.41. The Morgan fingerprint density at radius 2 is 2.14 bits per heavy atom. The number of nitrogens with zero attached hydrogens (tertiary/aromatic N) is 1. The molecule has 1 N–H and O–H groups in total. The lowest BCUT2D eigenvalue weighted by Crippen LogP contribution is -2.44. The maximum absolute atomic E-state index is 12.5. The number of anilines is 1. The number of amides is 2. The van der Waals surface area contributed by atoms with E-state index in [1.54, 1.807) is 23.8 Å². The average Bonchev–Trinajstić information content (AvgIpc) is 2.98. The van der Waals surface area contributed by atoms with Gasteiger partial charge in [0.25, 0.3) is 0 Å². The van der Waals surface area contributed by atoms with E-state index in [9.17, 15) is 9.59 Å². The number of benzene rings is 1. The molecule has 22 heavy (non-hydrogen) atoms. The summed E-state index contributed by atoms with van der Waals surface area (Å²) in [6.45, 7) is 4.42. The van der Waals surface area contributed by atoms with Crippen LogP contribution in [0.2, 0.25) is 0 Å². The summed E-state index contributed by atoms with van der Waals surface area (Å²) >= 11 is 1.60. The van der Waals surface area contributed by atoms with E-state index in [0.29, 0.717) is 24.7 Å². The fourth-order valence-electron chi connectivity index (χ4n) is 2.28. The van der Waals surface area contributed by atoms with Crippen molar-refractivity contribution in [3.8, 4) is 0 Å². The van der Waals surface area contributed by atoms with Crippen molar-refractivity contribution < 1.29 is 14.3 Å². The van der Waals surface area contributed by atoms with Gasteiger partial charge in [0.05, 0.1) is 18.9 Å². The molecule has 0 saturated carbocycles. The Bertz CT molecular complexity index is 562. The molecule has 0 radical (unpaired) electrons. The fourth-order valence-corrected chi connectivity index (χ4v) is 3.46. The molecule has 1 atom stereocenters. The predicted octanol–water partition coefficient (Wildman–Crippen LogP) is 2.18. The van der Waals surface area contributed by atoms with Crippen LogP contribution in [0.3, 0.4) is 0 Å². The molecule has 120 valence electrons. The van der Waals surface area contributed by atoms with Gasteiger partial charge in [0, 0.05) is 18.6 Å². The minimum Gasteiger partial charge on any atom is -0.384 e. The number of hydrogen-bond acceptors (Lipinski definition) is 4. The Balaban J connectivity index is 2.01. The number of rotatable bonds is 5. The van der Waals surface area contributed by atoms with Gasteiger partial charge in [-0.25, -0.2) is 0 Å². The highest BCUT2D eigenvalue weighted by Gasteiger charge is 2.34. The van der Waals surface area contributed by atoms with Crippen molar-refractivity contribution in [3.05, 3.63) is 29.3 Å². The van der Waals surface area contributed by atoms with Gasteiger partial charge in [-0.3, -0.25) is 9.59 Å². The van der Waals surface area contributed by atoms with Crippen molar-refractivity contribution in [2.45, 2.75) is 26.3 Å². The number of ether oxygens (including phenoxy) is 1. The van der Waals surface area contributed by atoms with Gasteiger partial charge in [0.1, 0.15) is 6.04 Å². The lowest BCUT2D eigenvalue weighted by atomic mass is 10.1. The predicted molar refractivity (Wildman–Crippen MR) is 89.0 cm³/mol. The van der Waals surface area contributed by atoms with E-state index < -0.39 is 6.04 Å². The summed E-state index contributed by atoms with van der Waals surface area (Å²) in [4.78, 5) is 26.2. The largest absolute Gasteiger partial charge is 0.384 e. The quantitative estimate of drug-likeness (QED) is 0.903. The van der Waals surface area contributed by atoms with Gasteiger partial charge < -0.3 is 15.0 Å². The highest BCUT2D eigenvalue weighted by Crippen LogP contribution is 2.23. The molecule has 0 spiro atoms. The van der Waals surface area contributed by atoms with Crippen LogP contribution in [0.4, 0.5) is 5.69 Å². The maximum atomic E-state index is 12.5. The molecule has 1 unspecified atom stereocenters. The van der Waals surface area contributed by atoms with E-state index in [-0.39, 0.29) is 11.8 Å². The molecule has 1 heterocycles. The molecule has 2 rings (SSSR count). The van der Waals surface area contributed by atoms with E-state index in [4.69, 9.17) is 4.74 Å². The van der Waals surface area contributed by atoms with Gasteiger partial charge in [0.2, 0.25) is 11.8 Å². The van der Waals surface area contributed by atoms with E-state index in [1.807, 2.05) is 32.0 Å². The summed E-state index contributed by atoms with van der Waals surface area (Å²) in [5.74, 6) is 1.04. The van der Waals surface area contributed by atoms with Crippen LogP contribution >= 0.6 is 11.8 Å². The zero-order valence-corrected chi connectivity index (χ0v) is 14.0. The Labute approximate surface area is 135 Å². The molecule has 0 bridgehead atoms. The standard InChI is InChI=1S/C16H22N2O3S/c1-11-4-5-13(8-12(11)2)17-16(20)14-9-22-10-18(14)15(19)6-7-21-3/h4-5,8,14H,6-7,9-10H2,1-3H3,(H,17,20). The molecule has 1 aliphatic heterocycles. The number of carbonyl (C=O) groups is 2. The molecule has 1 aromatic rings. The Kier molecular flexibility index (Phi) is 5.85. The average molecular weight is 322 g/mol. The van der Waals surface area contributed by atoms with Gasteiger partial charge in [-0.05, 0) is 37.1 Å². The van der Waals surface area contributed by atoms with Gasteiger partial charge in [-0.15, -0.1) is 11.8 Å². The highest BCUT2D eigenvalue weighted by molar-refractivity contribution is 7.99. The number of methoxy groups -OCH3 is 1. The first-order valence-corrected chi connectivity index (χ1v) is 8.42. The van der Waals surface area contributed by atoms with Crippen molar-refractivity contribution in [1.82, 2.24) is 4.90 Å². The number of hydrogen-bond donors (Lipinski definition) is 1. The lowest BCUT2D eigenvalue weighted by Gasteiger charge is -2.23. The van der Waals surface area contributed by atoms with E-state index >= 15 is 0 Å². The summed E-state index contributed by atoms with van der Waals surface area (Å²) in [5, 5.41) is 2.92. The summed E-state index contributed by atoms with van der Waals surface area (Å²) < 4.78 is 4.93. The van der Waals surface area contributed by atoms with E-state index in [2.05, 4.69) is 5.32 Å². The number of thioether (sulfide) groups is 1. The number of carbonyl (C=O) groups excluding carboxylic acids is 2. The first-order chi connectivity index (χ1) is 10.5. The van der Waals surface area contributed by atoms with Crippen molar-refractivity contribution in [3.63, 3.8) is 0 Å². The SMILES string of the molecule is COCCC(=O)N1CSCC1C(=O)Nc1ccc(C)c(C)c1. The van der Waals surface area contributed by atoms with Crippen LogP contribution in [-0.2, 0) is 14.3 Å². The summed E-state index contributed by atoms with van der Waals surface area (Å²) in [7, 11) is 1.57. The van der Waals surface area contributed by atoms with Crippen LogP contribution in [0, 0.1) is 13.8 Å². The van der Waals surface area contributed by atoms with Crippen molar-refractivity contribution in [2.75, 3.05) is 30.7 Å². The Hall–Kier alpha value is -1.53. The molecule has 1 fully saturated rings. The third kappa shape index (κ3) is 4.01. The number of nitrogens with one attached hydrogen (secondary N) is 1. The molecule has 5 nitrogen and oxygen atoms in total. The summed E-state index contributed by atoms with van der Waals surface area (Å²) in [6.07, 6.45) is 0.310. The highest BCUT2D eigenvalue weighted by atomic mass is 32.2. The van der Waals surface area contributed by atoms with Crippen LogP contribution in [-0.4, -0.2) is 48.1 Å². The zero-order chi connectivity index (χ0) is 16.1. The molecule has 1 aromatic carbocycles. The van der Waals surface area contributed by atoms with Crippen LogP contribution in [0.25, 0.3) is 0 Å². The Morgan fingerprint density at radius 3 is 2.82 bits per heavy atom. The van der Waals surface area contributed by atoms with Crippen molar-refractivity contribution in [1.29, 1.82) is 0 Å². The third-order valence-corrected chi connectivity index (χ3v) is 4.81. The minimum atomic E-state index is -0.407. The molecule has 1 saturated heterocycles. The lowest BCUT2D eigenvalue weighted by molar-refractivity contribution is -0.136. The van der Waals surface area contributed by atoms with Crippen LogP contribution in [0.1, 0.15) is 17.5 Å². The van der Waals surface area contributed by atoms with Gasteiger partial charge in [-0.1, -0.05) is 6.07 Å². The van der Waals surface area contributed by atoms with Gasteiger partial charge >= 0.3 is 0 Å². The second-order valence-corrected chi connectivity index (χ2v) is 6.41. The molecule has 0 aromatic heterocycles. The van der Waals surface area contributed by atoms with Crippen LogP contribution in [0.15, 0.2) is 18.2 Å². The van der Waals surface area contributed by atoms with Crippen molar-refractivity contribution >= 4 is 29.3 Å². The number of aryl methyl sites for hydroxylation is 2. The monoisotopic (exact) mass is 322 g/mol. The first-order valence-electron chi connectivity index (χ1n) is 7.27. The summed E-state index contributed by atoms with van der Waals surface area (Å²) in [5.41, 5.74) is 3.09. The fraction of sp³-hybridized carbons (Fsp3) is 0.500. The van der Waals surface area contributed by atoms with E-state index in [1.165, 1.54) is 5.56 Å². The minimum absolute atomic E-state index is 0.0351. The van der Waals surface area contributed by atoms with Crippen LogP contribution in [0.5, 0.6) is 0 Å². The topological polar surface area (TPSA) is 58.6 Å². The third-order valence-electron chi connectivity index (χ3n) is 3.80. The van der Waals surface area contributed by atoms with Crippen LogP contribution < -0.4 is 5.32 Å². The molecular weight excluding hydrogens is 300 g/mol. The smallest absolute Gasteiger partial charge is 0.248 e. The molecule has 1 aliphatic rings. The maximum Gasteiger partial charge on any atom is 0.248 e. The zero-order valence-electron chi connectivity index (χ0n) is 13.2. The van der Waals surface area contributed by atoms with E-state index in [0.717, 1.165) is 11.3 Å².